The van der Waals surface area contributed by atoms with E-state index in [1.165, 1.54) is 0 Å². The zero-order chi connectivity index (χ0) is 12.1. The van der Waals surface area contributed by atoms with E-state index in [1.807, 2.05) is 25.1 Å². The second kappa shape index (κ2) is 5.77. The number of pyridine rings is 1. The molecule has 17 heavy (non-hydrogen) atoms. The van der Waals surface area contributed by atoms with Gasteiger partial charge in [-0.05, 0) is 31.1 Å². The molecule has 4 heteroatoms. The minimum absolute atomic E-state index is 0.111. The SMILES string of the molecule is CC(C(=O)NCCc1ccccn1)C1CNC1. The molecular formula is C13H19N3O. The van der Waals surface area contributed by atoms with E-state index in [2.05, 4.69) is 15.6 Å². The van der Waals surface area contributed by atoms with Crippen LogP contribution in [0.5, 0.6) is 0 Å². The van der Waals surface area contributed by atoms with Gasteiger partial charge in [-0.15, -0.1) is 0 Å². The lowest BCUT2D eigenvalue weighted by atomic mass is 9.88. The molecule has 1 unspecified atom stereocenters. The highest BCUT2D eigenvalue weighted by molar-refractivity contribution is 5.78. The zero-order valence-corrected chi connectivity index (χ0v) is 10.1. The molecule has 1 aliphatic rings. The van der Waals surface area contributed by atoms with Gasteiger partial charge in [0.05, 0.1) is 0 Å². The van der Waals surface area contributed by atoms with Gasteiger partial charge in [0, 0.05) is 30.8 Å². The fourth-order valence-electron chi connectivity index (χ4n) is 1.90. The first-order chi connectivity index (χ1) is 8.27. The second-order valence-electron chi connectivity index (χ2n) is 4.57. The van der Waals surface area contributed by atoms with Gasteiger partial charge in [-0.2, -0.15) is 0 Å². The van der Waals surface area contributed by atoms with Gasteiger partial charge in [-0.3, -0.25) is 9.78 Å². The number of carbonyl (C=O) groups excluding carboxylic acids is 1. The number of aromatic nitrogens is 1. The summed E-state index contributed by atoms with van der Waals surface area (Å²) in [6.45, 7) is 4.60. The van der Waals surface area contributed by atoms with Crippen LogP contribution in [0.1, 0.15) is 12.6 Å². The first-order valence-corrected chi connectivity index (χ1v) is 6.15. The van der Waals surface area contributed by atoms with Gasteiger partial charge in [-0.1, -0.05) is 13.0 Å². The van der Waals surface area contributed by atoms with Crippen LogP contribution in [0.15, 0.2) is 24.4 Å². The van der Waals surface area contributed by atoms with Crippen molar-refractivity contribution in [2.45, 2.75) is 13.3 Å². The molecule has 0 saturated carbocycles. The molecule has 92 valence electrons. The number of amides is 1. The average Bonchev–Trinajstić information content (AvgIpc) is 2.28. The number of carbonyl (C=O) groups is 1. The summed E-state index contributed by atoms with van der Waals surface area (Å²) in [6, 6.07) is 5.84. The van der Waals surface area contributed by atoms with Gasteiger partial charge in [0.2, 0.25) is 5.91 Å². The van der Waals surface area contributed by atoms with Crippen molar-refractivity contribution in [3.05, 3.63) is 30.1 Å². The third-order valence-corrected chi connectivity index (χ3v) is 3.34. The summed E-state index contributed by atoms with van der Waals surface area (Å²) in [5, 5.41) is 6.16. The van der Waals surface area contributed by atoms with E-state index >= 15 is 0 Å². The van der Waals surface area contributed by atoms with Gasteiger partial charge < -0.3 is 10.6 Å². The van der Waals surface area contributed by atoms with Crippen molar-refractivity contribution in [2.24, 2.45) is 11.8 Å². The molecule has 2 rings (SSSR count). The minimum atomic E-state index is 0.111. The Bertz CT molecular complexity index is 362. The monoisotopic (exact) mass is 233 g/mol. The Labute approximate surface area is 102 Å². The van der Waals surface area contributed by atoms with Gasteiger partial charge >= 0.3 is 0 Å². The summed E-state index contributed by atoms with van der Waals surface area (Å²) in [5.74, 6) is 0.775. The molecule has 1 atom stereocenters. The first kappa shape index (κ1) is 12.0. The molecule has 4 nitrogen and oxygen atoms in total. The predicted octanol–water partition coefficient (Wildman–Crippen LogP) is 0.596. The van der Waals surface area contributed by atoms with Crippen LogP contribution in [-0.2, 0) is 11.2 Å². The maximum absolute atomic E-state index is 11.8. The van der Waals surface area contributed by atoms with Gasteiger partial charge in [0.15, 0.2) is 0 Å². The minimum Gasteiger partial charge on any atom is -0.355 e. The topological polar surface area (TPSA) is 54.0 Å². The Morgan fingerprint density at radius 2 is 2.41 bits per heavy atom. The molecule has 1 aliphatic heterocycles. The van der Waals surface area contributed by atoms with Crippen molar-refractivity contribution in [3.63, 3.8) is 0 Å². The zero-order valence-electron chi connectivity index (χ0n) is 10.1. The summed E-state index contributed by atoms with van der Waals surface area (Å²) in [5.41, 5.74) is 1.02. The van der Waals surface area contributed by atoms with E-state index in [4.69, 9.17) is 0 Å². The number of nitrogens with one attached hydrogen (secondary N) is 2. The van der Waals surface area contributed by atoms with E-state index in [0.29, 0.717) is 12.5 Å². The lowest BCUT2D eigenvalue weighted by Gasteiger charge is -2.31. The molecule has 1 amide bonds. The Morgan fingerprint density at radius 3 is 3.00 bits per heavy atom. The quantitative estimate of drug-likeness (QED) is 0.783. The number of nitrogens with zero attached hydrogens (tertiary/aromatic N) is 1. The Hall–Kier alpha value is -1.42. The lowest BCUT2D eigenvalue weighted by molar-refractivity contribution is -0.126. The van der Waals surface area contributed by atoms with Crippen LogP contribution >= 0.6 is 0 Å². The van der Waals surface area contributed by atoms with Crippen molar-refractivity contribution < 1.29 is 4.79 Å². The molecule has 0 spiro atoms. The van der Waals surface area contributed by atoms with Gasteiger partial charge in [0.1, 0.15) is 0 Å². The molecule has 0 radical (unpaired) electrons. The van der Waals surface area contributed by atoms with E-state index < -0.39 is 0 Å². The highest BCUT2D eigenvalue weighted by atomic mass is 16.1. The van der Waals surface area contributed by atoms with Crippen molar-refractivity contribution >= 4 is 5.91 Å². The third-order valence-electron chi connectivity index (χ3n) is 3.34. The third kappa shape index (κ3) is 3.27. The summed E-state index contributed by atoms with van der Waals surface area (Å²) in [4.78, 5) is 16.0. The number of rotatable bonds is 5. The number of hydrogen-bond donors (Lipinski definition) is 2. The van der Waals surface area contributed by atoms with E-state index in [1.54, 1.807) is 6.20 Å². The maximum Gasteiger partial charge on any atom is 0.223 e. The van der Waals surface area contributed by atoms with E-state index in [-0.39, 0.29) is 11.8 Å². The summed E-state index contributed by atoms with van der Waals surface area (Å²) < 4.78 is 0. The van der Waals surface area contributed by atoms with Crippen molar-refractivity contribution in [1.82, 2.24) is 15.6 Å². The lowest BCUT2D eigenvalue weighted by Crippen LogP contribution is -2.49. The van der Waals surface area contributed by atoms with E-state index in [9.17, 15) is 4.79 Å². The fourth-order valence-corrected chi connectivity index (χ4v) is 1.90. The molecular weight excluding hydrogens is 214 g/mol. The fraction of sp³-hybridized carbons (Fsp3) is 0.538. The van der Waals surface area contributed by atoms with Crippen molar-refractivity contribution in [1.29, 1.82) is 0 Å². The summed E-state index contributed by atoms with van der Waals surface area (Å²) >= 11 is 0. The van der Waals surface area contributed by atoms with Crippen LogP contribution in [0, 0.1) is 11.8 Å². The Morgan fingerprint density at radius 1 is 1.59 bits per heavy atom. The first-order valence-electron chi connectivity index (χ1n) is 6.15. The van der Waals surface area contributed by atoms with Gasteiger partial charge in [-0.25, -0.2) is 0 Å². The summed E-state index contributed by atoms with van der Waals surface area (Å²) in [7, 11) is 0. The number of hydrogen-bond acceptors (Lipinski definition) is 3. The average molecular weight is 233 g/mol. The largest absolute Gasteiger partial charge is 0.355 e. The highest BCUT2D eigenvalue weighted by Gasteiger charge is 2.28. The van der Waals surface area contributed by atoms with Crippen molar-refractivity contribution in [3.8, 4) is 0 Å². The second-order valence-corrected chi connectivity index (χ2v) is 4.57. The standard InChI is InChI=1S/C13H19N3O/c1-10(11-8-14-9-11)13(17)16-7-5-12-4-2-3-6-15-12/h2-4,6,10-11,14H,5,7-9H2,1H3,(H,16,17). The van der Waals surface area contributed by atoms with Crippen LogP contribution in [0.25, 0.3) is 0 Å². The molecule has 1 aromatic rings. The van der Waals surface area contributed by atoms with Gasteiger partial charge in [0.25, 0.3) is 0 Å². The van der Waals surface area contributed by atoms with Crippen LogP contribution < -0.4 is 10.6 Å². The van der Waals surface area contributed by atoms with Crippen LogP contribution in [0.3, 0.4) is 0 Å². The van der Waals surface area contributed by atoms with Crippen LogP contribution in [0.2, 0.25) is 0 Å². The molecule has 1 saturated heterocycles. The van der Waals surface area contributed by atoms with Crippen LogP contribution in [-0.4, -0.2) is 30.5 Å². The molecule has 1 fully saturated rings. The van der Waals surface area contributed by atoms with E-state index in [0.717, 1.165) is 25.2 Å². The predicted molar refractivity (Wildman–Crippen MR) is 66.5 cm³/mol. The molecule has 0 bridgehead atoms. The normalized spacial score (nSPS) is 17.2. The molecule has 0 aromatic carbocycles. The van der Waals surface area contributed by atoms with Crippen LogP contribution in [0.4, 0.5) is 0 Å². The Kier molecular flexibility index (Phi) is 4.09. The highest BCUT2D eigenvalue weighted by Crippen LogP contribution is 2.15. The molecule has 0 aliphatic carbocycles. The van der Waals surface area contributed by atoms with Crippen molar-refractivity contribution in [2.75, 3.05) is 19.6 Å². The molecule has 2 N–H and O–H groups in total. The maximum atomic E-state index is 11.8. The summed E-state index contributed by atoms with van der Waals surface area (Å²) in [6.07, 6.45) is 2.57. The smallest absolute Gasteiger partial charge is 0.223 e. The molecule has 1 aromatic heterocycles. The molecule has 2 heterocycles. The Balaban J connectivity index is 1.69.